The van der Waals surface area contributed by atoms with E-state index in [0.29, 0.717) is 5.41 Å². The second kappa shape index (κ2) is 5.57. The summed E-state index contributed by atoms with van der Waals surface area (Å²) in [6.45, 7) is 6.08. The second-order valence-corrected chi connectivity index (χ2v) is 6.48. The van der Waals surface area contributed by atoms with Crippen LogP contribution in [-0.2, 0) is 0 Å². The van der Waals surface area contributed by atoms with Crippen molar-refractivity contribution in [3.05, 3.63) is 35.4 Å². The maximum atomic E-state index is 12.7. The Balaban J connectivity index is 1.74. The molecule has 3 rings (SSSR count). The van der Waals surface area contributed by atoms with Crippen LogP contribution in [0.3, 0.4) is 0 Å². The third-order valence-electron chi connectivity index (χ3n) is 4.77. The zero-order chi connectivity index (χ0) is 14.0. The molecule has 1 spiro atoms. The van der Waals surface area contributed by atoms with Gasteiger partial charge in [-0.05, 0) is 51.3 Å². The first-order chi connectivity index (χ1) is 9.69. The van der Waals surface area contributed by atoms with Crippen LogP contribution in [-0.4, -0.2) is 37.0 Å². The summed E-state index contributed by atoms with van der Waals surface area (Å²) in [5.74, 6) is 0.207. The van der Waals surface area contributed by atoms with E-state index in [2.05, 4.69) is 10.2 Å². The molecule has 2 heterocycles. The van der Waals surface area contributed by atoms with Gasteiger partial charge in [-0.1, -0.05) is 17.7 Å². The van der Waals surface area contributed by atoms with Gasteiger partial charge in [-0.15, -0.1) is 0 Å². The number of hydrogen-bond donors (Lipinski definition) is 1. The molecule has 2 fully saturated rings. The van der Waals surface area contributed by atoms with E-state index in [1.807, 2.05) is 31.2 Å². The van der Waals surface area contributed by atoms with E-state index in [1.165, 1.54) is 19.3 Å². The van der Waals surface area contributed by atoms with Crippen LogP contribution in [0.15, 0.2) is 24.3 Å². The SMILES string of the molecule is Cc1cccc(C(=O)N2CCCC3(CCCNC3)C2)c1. The highest BCUT2D eigenvalue weighted by atomic mass is 16.2. The van der Waals surface area contributed by atoms with Crippen LogP contribution >= 0.6 is 0 Å². The number of nitrogens with zero attached hydrogens (tertiary/aromatic N) is 1. The zero-order valence-electron chi connectivity index (χ0n) is 12.3. The Labute approximate surface area is 121 Å². The van der Waals surface area contributed by atoms with Gasteiger partial charge < -0.3 is 10.2 Å². The van der Waals surface area contributed by atoms with Crippen molar-refractivity contribution >= 4 is 5.91 Å². The average Bonchev–Trinajstić information content (AvgIpc) is 2.47. The van der Waals surface area contributed by atoms with Crippen molar-refractivity contribution in [3.8, 4) is 0 Å². The van der Waals surface area contributed by atoms with Crippen LogP contribution in [0, 0.1) is 12.3 Å². The Bertz CT molecular complexity index is 486. The Morgan fingerprint density at radius 1 is 1.30 bits per heavy atom. The molecule has 2 saturated heterocycles. The molecule has 1 amide bonds. The van der Waals surface area contributed by atoms with Crippen molar-refractivity contribution < 1.29 is 4.79 Å². The van der Waals surface area contributed by atoms with Crippen molar-refractivity contribution in [2.45, 2.75) is 32.6 Å². The predicted molar refractivity (Wildman–Crippen MR) is 80.9 cm³/mol. The highest BCUT2D eigenvalue weighted by Crippen LogP contribution is 2.36. The second-order valence-electron chi connectivity index (χ2n) is 6.48. The standard InChI is InChI=1S/C17H24N2O/c1-14-5-2-6-15(11-14)16(20)19-10-4-8-17(13-19)7-3-9-18-12-17/h2,5-6,11,18H,3-4,7-10,12-13H2,1H3. The lowest BCUT2D eigenvalue weighted by atomic mass is 9.74. The maximum absolute atomic E-state index is 12.7. The number of likely N-dealkylation sites (tertiary alicyclic amines) is 1. The zero-order valence-corrected chi connectivity index (χ0v) is 12.3. The summed E-state index contributed by atoms with van der Waals surface area (Å²) in [7, 11) is 0. The molecule has 1 aromatic carbocycles. The molecule has 1 unspecified atom stereocenters. The summed E-state index contributed by atoms with van der Waals surface area (Å²) in [6, 6.07) is 7.96. The number of carbonyl (C=O) groups excluding carboxylic acids is 1. The molecule has 0 bridgehead atoms. The van der Waals surface area contributed by atoms with Gasteiger partial charge in [-0.3, -0.25) is 4.79 Å². The Morgan fingerprint density at radius 3 is 2.90 bits per heavy atom. The van der Waals surface area contributed by atoms with E-state index in [1.54, 1.807) is 0 Å². The van der Waals surface area contributed by atoms with Gasteiger partial charge in [-0.2, -0.15) is 0 Å². The van der Waals surface area contributed by atoms with Crippen LogP contribution in [0.25, 0.3) is 0 Å². The van der Waals surface area contributed by atoms with E-state index in [0.717, 1.165) is 43.7 Å². The van der Waals surface area contributed by atoms with Crippen LogP contribution in [0.5, 0.6) is 0 Å². The monoisotopic (exact) mass is 272 g/mol. The number of rotatable bonds is 1. The fraction of sp³-hybridized carbons (Fsp3) is 0.588. The lowest BCUT2D eigenvalue weighted by Crippen LogP contribution is -2.52. The van der Waals surface area contributed by atoms with E-state index in [9.17, 15) is 4.79 Å². The van der Waals surface area contributed by atoms with Crippen LogP contribution < -0.4 is 5.32 Å². The molecule has 1 aromatic rings. The van der Waals surface area contributed by atoms with E-state index in [4.69, 9.17) is 0 Å². The molecule has 1 atom stereocenters. The molecule has 3 nitrogen and oxygen atoms in total. The van der Waals surface area contributed by atoms with Crippen LogP contribution in [0.1, 0.15) is 41.6 Å². The van der Waals surface area contributed by atoms with Gasteiger partial charge in [0.2, 0.25) is 0 Å². The number of aryl methyl sites for hydroxylation is 1. The summed E-state index contributed by atoms with van der Waals surface area (Å²) in [5.41, 5.74) is 2.32. The Kier molecular flexibility index (Phi) is 3.79. The first kappa shape index (κ1) is 13.6. The molecule has 20 heavy (non-hydrogen) atoms. The molecule has 108 valence electrons. The first-order valence-corrected chi connectivity index (χ1v) is 7.75. The quantitative estimate of drug-likeness (QED) is 0.852. The van der Waals surface area contributed by atoms with Crippen molar-refractivity contribution in [3.63, 3.8) is 0 Å². The molecule has 1 N–H and O–H groups in total. The van der Waals surface area contributed by atoms with Gasteiger partial charge >= 0.3 is 0 Å². The van der Waals surface area contributed by atoms with Gasteiger partial charge in [0.15, 0.2) is 0 Å². The number of nitrogens with one attached hydrogen (secondary N) is 1. The molecule has 0 aliphatic carbocycles. The first-order valence-electron chi connectivity index (χ1n) is 7.75. The summed E-state index contributed by atoms with van der Waals surface area (Å²) < 4.78 is 0. The van der Waals surface area contributed by atoms with Crippen molar-refractivity contribution in [2.75, 3.05) is 26.2 Å². The minimum Gasteiger partial charge on any atom is -0.338 e. The Hall–Kier alpha value is -1.35. The summed E-state index contributed by atoms with van der Waals surface area (Å²) >= 11 is 0. The summed E-state index contributed by atoms with van der Waals surface area (Å²) in [6.07, 6.45) is 4.90. The van der Waals surface area contributed by atoms with E-state index in [-0.39, 0.29) is 5.91 Å². The molecule has 0 saturated carbocycles. The summed E-state index contributed by atoms with van der Waals surface area (Å²) in [5, 5.41) is 3.52. The van der Waals surface area contributed by atoms with Crippen molar-refractivity contribution in [1.82, 2.24) is 10.2 Å². The third kappa shape index (κ3) is 2.73. The fourth-order valence-electron chi connectivity index (χ4n) is 3.72. The predicted octanol–water partition coefficient (Wildman–Crippen LogP) is 2.60. The number of benzene rings is 1. The molecule has 0 radical (unpaired) electrons. The van der Waals surface area contributed by atoms with Crippen molar-refractivity contribution in [2.24, 2.45) is 5.41 Å². The highest BCUT2D eigenvalue weighted by molar-refractivity contribution is 5.94. The lowest BCUT2D eigenvalue weighted by molar-refractivity contribution is 0.0434. The van der Waals surface area contributed by atoms with Crippen LogP contribution in [0.2, 0.25) is 0 Å². The number of amides is 1. The highest BCUT2D eigenvalue weighted by Gasteiger charge is 2.38. The lowest BCUT2D eigenvalue weighted by Gasteiger charge is -2.45. The third-order valence-corrected chi connectivity index (χ3v) is 4.77. The average molecular weight is 272 g/mol. The smallest absolute Gasteiger partial charge is 0.253 e. The van der Waals surface area contributed by atoms with Gasteiger partial charge in [0.1, 0.15) is 0 Å². The molecule has 2 aliphatic rings. The maximum Gasteiger partial charge on any atom is 0.253 e. The minimum atomic E-state index is 0.207. The van der Waals surface area contributed by atoms with Crippen LogP contribution in [0.4, 0.5) is 0 Å². The number of piperidine rings is 2. The number of hydrogen-bond acceptors (Lipinski definition) is 2. The Morgan fingerprint density at radius 2 is 2.15 bits per heavy atom. The largest absolute Gasteiger partial charge is 0.338 e. The van der Waals surface area contributed by atoms with Gasteiger partial charge in [0, 0.05) is 30.6 Å². The number of carbonyl (C=O) groups is 1. The molecule has 3 heteroatoms. The van der Waals surface area contributed by atoms with Gasteiger partial charge in [0.05, 0.1) is 0 Å². The topological polar surface area (TPSA) is 32.3 Å². The van der Waals surface area contributed by atoms with E-state index < -0.39 is 0 Å². The normalized spacial score (nSPS) is 26.8. The summed E-state index contributed by atoms with van der Waals surface area (Å²) in [4.78, 5) is 14.8. The van der Waals surface area contributed by atoms with Gasteiger partial charge in [-0.25, -0.2) is 0 Å². The minimum absolute atomic E-state index is 0.207. The van der Waals surface area contributed by atoms with E-state index >= 15 is 0 Å². The van der Waals surface area contributed by atoms with Gasteiger partial charge in [0.25, 0.3) is 5.91 Å². The molecule has 0 aromatic heterocycles. The fourth-order valence-corrected chi connectivity index (χ4v) is 3.72. The molecular formula is C17H24N2O. The molecule has 2 aliphatic heterocycles. The molecular weight excluding hydrogens is 248 g/mol. The van der Waals surface area contributed by atoms with Crippen molar-refractivity contribution in [1.29, 1.82) is 0 Å².